The van der Waals surface area contributed by atoms with Gasteiger partial charge in [-0.15, -0.1) is 0 Å². The van der Waals surface area contributed by atoms with Crippen molar-refractivity contribution in [3.8, 4) is 23.0 Å². The number of rotatable bonds is 4. The van der Waals surface area contributed by atoms with Crippen molar-refractivity contribution < 1.29 is 9.90 Å². The van der Waals surface area contributed by atoms with Crippen LogP contribution in [-0.4, -0.2) is 20.6 Å². The number of carboxylic acid groups (broad SMARTS) is 1. The van der Waals surface area contributed by atoms with Gasteiger partial charge in [-0.1, -0.05) is 31.2 Å². The number of nitriles is 1. The first-order valence-electron chi connectivity index (χ1n) is 7.53. The summed E-state index contributed by atoms with van der Waals surface area (Å²) in [4.78, 5) is 15.3. The maximum absolute atomic E-state index is 11.1. The van der Waals surface area contributed by atoms with Gasteiger partial charge in [0.25, 0.3) is 0 Å². The second kappa shape index (κ2) is 6.39. The van der Waals surface area contributed by atoms with Crippen molar-refractivity contribution in [2.75, 3.05) is 0 Å². The zero-order valence-corrected chi connectivity index (χ0v) is 13.1. The minimum Gasteiger partial charge on any atom is -0.478 e. The van der Waals surface area contributed by atoms with Crippen molar-refractivity contribution in [2.45, 2.75) is 13.3 Å². The van der Waals surface area contributed by atoms with Gasteiger partial charge in [-0.25, -0.2) is 9.78 Å². The van der Waals surface area contributed by atoms with Crippen LogP contribution in [0.1, 0.15) is 28.4 Å². The Hall–Kier alpha value is -3.39. The molecule has 0 saturated carbocycles. The van der Waals surface area contributed by atoms with Crippen LogP contribution >= 0.6 is 0 Å². The van der Waals surface area contributed by atoms with Gasteiger partial charge in [0.2, 0.25) is 0 Å². The molecule has 24 heavy (non-hydrogen) atoms. The van der Waals surface area contributed by atoms with E-state index in [1.807, 2.05) is 24.3 Å². The molecule has 0 atom stereocenters. The van der Waals surface area contributed by atoms with Crippen LogP contribution < -0.4 is 0 Å². The lowest BCUT2D eigenvalue weighted by atomic mass is 10.0. The third-order valence-corrected chi connectivity index (χ3v) is 3.88. The monoisotopic (exact) mass is 317 g/mol. The Morgan fingerprint density at radius 3 is 2.62 bits per heavy atom. The smallest absolute Gasteiger partial charge is 0.335 e. The first kappa shape index (κ1) is 15.5. The lowest BCUT2D eigenvalue weighted by Gasteiger charge is -2.03. The van der Waals surface area contributed by atoms with Crippen LogP contribution in [0.2, 0.25) is 0 Å². The molecule has 0 saturated heterocycles. The van der Waals surface area contributed by atoms with Crippen LogP contribution in [-0.2, 0) is 6.42 Å². The van der Waals surface area contributed by atoms with Crippen molar-refractivity contribution in [1.29, 1.82) is 5.26 Å². The number of hydrogen-bond acceptors (Lipinski definition) is 3. The van der Waals surface area contributed by atoms with Gasteiger partial charge in [0.15, 0.2) is 0 Å². The van der Waals surface area contributed by atoms with E-state index < -0.39 is 5.97 Å². The Morgan fingerprint density at radius 1 is 1.25 bits per heavy atom. The van der Waals surface area contributed by atoms with Gasteiger partial charge < -0.3 is 9.67 Å². The number of aryl methyl sites for hydroxylation is 1. The van der Waals surface area contributed by atoms with Gasteiger partial charge in [0, 0.05) is 24.2 Å². The zero-order chi connectivity index (χ0) is 17.1. The number of pyridine rings is 1. The van der Waals surface area contributed by atoms with E-state index in [0.717, 1.165) is 17.5 Å². The van der Waals surface area contributed by atoms with Crippen LogP contribution in [0, 0.1) is 11.3 Å². The molecule has 0 aliphatic rings. The molecule has 0 bridgehead atoms. The molecule has 3 aromatic rings. The second-order valence-corrected chi connectivity index (χ2v) is 5.36. The summed E-state index contributed by atoms with van der Waals surface area (Å²) < 4.78 is 1.67. The number of benzene rings is 1. The van der Waals surface area contributed by atoms with Gasteiger partial charge in [-0.05, 0) is 29.7 Å². The average molecular weight is 317 g/mol. The van der Waals surface area contributed by atoms with Gasteiger partial charge in [0.1, 0.15) is 11.9 Å². The quantitative estimate of drug-likeness (QED) is 0.796. The molecule has 0 amide bonds. The molecule has 0 aliphatic heterocycles. The summed E-state index contributed by atoms with van der Waals surface area (Å²) >= 11 is 0. The van der Waals surface area contributed by atoms with E-state index >= 15 is 0 Å². The van der Waals surface area contributed by atoms with Crippen LogP contribution in [0.5, 0.6) is 0 Å². The molecule has 2 aromatic heterocycles. The highest BCUT2D eigenvalue weighted by Gasteiger charge is 2.12. The van der Waals surface area contributed by atoms with E-state index in [1.54, 1.807) is 17.0 Å². The lowest BCUT2D eigenvalue weighted by molar-refractivity contribution is 0.0696. The normalized spacial score (nSPS) is 10.3. The highest BCUT2D eigenvalue weighted by molar-refractivity contribution is 5.88. The van der Waals surface area contributed by atoms with Crippen molar-refractivity contribution in [2.24, 2.45) is 0 Å². The van der Waals surface area contributed by atoms with Gasteiger partial charge >= 0.3 is 5.97 Å². The molecule has 3 rings (SSSR count). The first-order chi connectivity index (χ1) is 11.6. The van der Waals surface area contributed by atoms with E-state index in [1.165, 1.54) is 23.9 Å². The Labute approximate surface area is 139 Å². The summed E-state index contributed by atoms with van der Waals surface area (Å²) in [5, 5.41) is 18.5. The fourth-order valence-corrected chi connectivity index (χ4v) is 2.52. The maximum atomic E-state index is 11.1. The molecule has 0 aliphatic carbocycles. The molecule has 5 nitrogen and oxygen atoms in total. The Balaban J connectivity index is 2.06. The van der Waals surface area contributed by atoms with Crippen LogP contribution in [0.15, 0.2) is 55.0 Å². The molecule has 0 fully saturated rings. The summed E-state index contributed by atoms with van der Waals surface area (Å²) in [6, 6.07) is 13.2. The van der Waals surface area contributed by atoms with Crippen molar-refractivity contribution >= 4 is 5.97 Å². The number of carbonyl (C=O) groups is 1. The largest absolute Gasteiger partial charge is 0.478 e. The summed E-state index contributed by atoms with van der Waals surface area (Å²) in [6.07, 6.45) is 5.86. The number of carboxylic acids is 1. The summed E-state index contributed by atoms with van der Waals surface area (Å²) in [5.74, 6) is -0.551. The van der Waals surface area contributed by atoms with E-state index in [2.05, 4.69) is 18.0 Å². The summed E-state index contributed by atoms with van der Waals surface area (Å²) in [5.41, 5.74) is 3.63. The predicted molar refractivity (Wildman–Crippen MR) is 90.1 cm³/mol. The van der Waals surface area contributed by atoms with Gasteiger partial charge in [-0.2, -0.15) is 5.26 Å². The first-order valence-corrected chi connectivity index (χ1v) is 7.53. The standard InChI is InChI=1S/C19H15N3O2/c1-2-13-3-5-14(6-4-13)17-12-22(11-16(17)10-20)18-9-15(19(23)24)7-8-21-18/h3-9,11-12H,2H2,1H3,(H,23,24). The Kier molecular flexibility index (Phi) is 4.13. The molecule has 118 valence electrons. The van der Waals surface area contributed by atoms with E-state index in [4.69, 9.17) is 5.11 Å². The summed E-state index contributed by atoms with van der Waals surface area (Å²) in [7, 11) is 0. The van der Waals surface area contributed by atoms with Crippen molar-refractivity contribution in [1.82, 2.24) is 9.55 Å². The third-order valence-electron chi connectivity index (χ3n) is 3.88. The van der Waals surface area contributed by atoms with Crippen molar-refractivity contribution in [3.05, 3.63) is 71.7 Å². The molecular weight excluding hydrogens is 302 g/mol. The highest BCUT2D eigenvalue weighted by Crippen LogP contribution is 2.26. The Morgan fingerprint density at radius 2 is 2.00 bits per heavy atom. The zero-order valence-electron chi connectivity index (χ0n) is 13.1. The minimum absolute atomic E-state index is 0.154. The number of hydrogen-bond donors (Lipinski definition) is 1. The Bertz CT molecular complexity index is 934. The topological polar surface area (TPSA) is 78.9 Å². The molecule has 1 aromatic carbocycles. The number of aromatic carboxylic acids is 1. The van der Waals surface area contributed by atoms with Gasteiger partial charge in [-0.3, -0.25) is 0 Å². The van der Waals surface area contributed by atoms with Crippen LogP contribution in [0.3, 0.4) is 0 Å². The number of nitrogens with zero attached hydrogens (tertiary/aromatic N) is 3. The van der Waals surface area contributed by atoms with E-state index in [0.29, 0.717) is 11.4 Å². The second-order valence-electron chi connectivity index (χ2n) is 5.36. The van der Waals surface area contributed by atoms with E-state index in [9.17, 15) is 10.1 Å². The molecule has 0 spiro atoms. The van der Waals surface area contributed by atoms with Gasteiger partial charge in [0.05, 0.1) is 11.1 Å². The minimum atomic E-state index is -1.01. The molecule has 0 radical (unpaired) electrons. The molecular formula is C19H15N3O2. The molecule has 1 N–H and O–H groups in total. The van der Waals surface area contributed by atoms with Crippen LogP contribution in [0.25, 0.3) is 16.9 Å². The fourth-order valence-electron chi connectivity index (χ4n) is 2.52. The SMILES string of the molecule is CCc1ccc(-c2cn(-c3cc(C(=O)O)ccn3)cc2C#N)cc1. The maximum Gasteiger partial charge on any atom is 0.335 e. The van der Waals surface area contributed by atoms with Crippen LogP contribution in [0.4, 0.5) is 0 Å². The number of aromatic nitrogens is 2. The third kappa shape index (κ3) is 2.90. The molecule has 5 heteroatoms. The average Bonchev–Trinajstić information content (AvgIpc) is 3.06. The predicted octanol–water partition coefficient (Wildman–Crippen LogP) is 3.67. The fraction of sp³-hybridized carbons (Fsp3) is 0.105. The molecule has 2 heterocycles. The highest BCUT2D eigenvalue weighted by atomic mass is 16.4. The van der Waals surface area contributed by atoms with Crippen molar-refractivity contribution in [3.63, 3.8) is 0 Å². The lowest BCUT2D eigenvalue weighted by Crippen LogP contribution is -2.00. The van der Waals surface area contributed by atoms with E-state index in [-0.39, 0.29) is 5.56 Å². The summed E-state index contributed by atoms with van der Waals surface area (Å²) in [6.45, 7) is 2.09. The molecule has 0 unspecified atom stereocenters.